The van der Waals surface area contributed by atoms with Gasteiger partial charge in [-0.1, -0.05) is 23.8 Å². The number of hydrogen-bond donors (Lipinski definition) is 2. The summed E-state index contributed by atoms with van der Waals surface area (Å²) >= 11 is 0. The van der Waals surface area contributed by atoms with Crippen molar-refractivity contribution in [2.75, 3.05) is 5.32 Å². The lowest BCUT2D eigenvalue weighted by Gasteiger charge is -2.09. The number of sulfonamides is 1. The average Bonchev–Trinajstić information content (AvgIpc) is 3.57. The molecule has 0 unspecified atom stereocenters. The Morgan fingerprint density at radius 3 is 2.68 bits per heavy atom. The number of carbonyl (C=O) groups is 1. The minimum atomic E-state index is -3.79. The van der Waals surface area contributed by atoms with Crippen molar-refractivity contribution in [1.29, 1.82) is 0 Å². The number of aryl methyl sites for hydroxylation is 1. The number of nitrogens with zero attached hydrogens (tertiary/aromatic N) is 2. The molecule has 4 aromatic rings. The summed E-state index contributed by atoms with van der Waals surface area (Å²) in [6.07, 6.45) is 4.10. The number of nitrogens with one attached hydrogen (secondary N) is 2. The van der Waals surface area contributed by atoms with Gasteiger partial charge >= 0.3 is 0 Å². The van der Waals surface area contributed by atoms with E-state index >= 15 is 0 Å². The number of carbonyl (C=O) groups excluding carboxylic acids is 1. The molecule has 1 amide bonds. The van der Waals surface area contributed by atoms with Crippen LogP contribution in [0.25, 0.3) is 5.69 Å². The summed E-state index contributed by atoms with van der Waals surface area (Å²) in [5.74, 6) is 0.146. The first-order valence-corrected chi connectivity index (χ1v) is 12.5. The largest absolute Gasteiger partial charge is 0.468 e. The third-order valence-electron chi connectivity index (χ3n) is 5.84. The number of anilines is 1. The fourth-order valence-electron chi connectivity index (χ4n) is 4.11. The predicted octanol–water partition coefficient (Wildman–Crippen LogP) is 3.99. The predicted molar refractivity (Wildman–Crippen MR) is 127 cm³/mol. The first-order valence-electron chi connectivity index (χ1n) is 11.0. The van der Waals surface area contributed by atoms with Gasteiger partial charge in [-0.3, -0.25) is 4.79 Å². The van der Waals surface area contributed by atoms with E-state index < -0.39 is 10.0 Å². The van der Waals surface area contributed by atoms with Crippen LogP contribution < -0.4 is 10.0 Å². The van der Waals surface area contributed by atoms with Crippen LogP contribution >= 0.6 is 0 Å². The molecule has 0 saturated heterocycles. The molecule has 2 aromatic heterocycles. The van der Waals surface area contributed by atoms with E-state index in [9.17, 15) is 13.2 Å². The fraction of sp³-hybridized carbons (Fsp3) is 0.200. The lowest BCUT2D eigenvalue weighted by Crippen LogP contribution is -2.23. The van der Waals surface area contributed by atoms with Gasteiger partial charge in [0, 0.05) is 16.9 Å². The van der Waals surface area contributed by atoms with Crippen LogP contribution in [-0.2, 0) is 29.4 Å². The SMILES string of the molecule is Cc1ccc(-n2nc(C(=O)Nc3cccc(S(=O)(=O)NCc4ccco4)c3)c3c2CCC3)cc1. The second-order valence-corrected chi connectivity index (χ2v) is 10.0. The minimum absolute atomic E-state index is 0.0362. The number of furan rings is 1. The van der Waals surface area contributed by atoms with Gasteiger partial charge in [0.25, 0.3) is 5.91 Å². The Labute approximate surface area is 197 Å². The van der Waals surface area contributed by atoms with Gasteiger partial charge in [-0.15, -0.1) is 0 Å². The van der Waals surface area contributed by atoms with E-state index in [0.717, 1.165) is 41.8 Å². The van der Waals surface area contributed by atoms with Gasteiger partial charge in [0.1, 0.15) is 5.76 Å². The van der Waals surface area contributed by atoms with Crippen LogP contribution in [0.3, 0.4) is 0 Å². The Morgan fingerprint density at radius 2 is 1.91 bits per heavy atom. The number of hydrogen-bond acceptors (Lipinski definition) is 5. The number of benzene rings is 2. The maximum absolute atomic E-state index is 13.2. The molecular weight excluding hydrogens is 452 g/mol. The van der Waals surface area contributed by atoms with Gasteiger partial charge < -0.3 is 9.73 Å². The van der Waals surface area contributed by atoms with E-state index in [1.807, 2.05) is 35.9 Å². The second-order valence-electron chi connectivity index (χ2n) is 8.26. The number of aromatic nitrogens is 2. The zero-order valence-electron chi connectivity index (χ0n) is 18.6. The van der Waals surface area contributed by atoms with Crippen LogP contribution in [0.15, 0.2) is 76.2 Å². The molecule has 9 heteroatoms. The molecule has 0 bridgehead atoms. The molecule has 34 heavy (non-hydrogen) atoms. The molecule has 1 aliphatic carbocycles. The van der Waals surface area contributed by atoms with Gasteiger partial charge in [-0.05, 0) is 68.7 Å². The van der Waals surface area contributed by atoms with Crippen LogP contribution in [0.5, 0.6) is 0 Å². The highest BCUT2D eigenvalue weighted by Gasteiger charge is 2.27. The van der Waals surface area contributed by atoms with Crippen molar-refractivity contribution in [3.63, 3.8) is 0 Å². The van der Waals surface area contributed by atoms with Gasteiger partial charge in [-0.2, -0.15) is 5.10 Å². The molecule has 5 rings (SSSR count). The monoisotopic (exact) mass is 476 g/mol. The van der Waals surface area contributed by atoms with E-state index in [-0.39, 0.29) is 17.3 Å². The van der Waals surface area contributed by atoms with Crippen molar-refractivity contribution < 1.29 is 17.6 Å². The number of rotatable bonds is 7. The van der Waals surface area contributed by atoms with Gasteiger partial charge in [-0.25, -0.2) is 17.8 Å². The lowest BCUT2D eigenvalue weighted by molar-refractivity contribution is 0.102. The summed E-state index contributed by atoms with van der Waals surface area (Å²) in [7, 11) is -3.79. The van der Waals surface area contributed by atoms with Crippen molar-refractivity contribution in [3.8, 4) is 5.69 Å². The summed E-state index contributed by atoms with van der Waals surface area (Å²) in [5.41, 5.74) is 4.81. The zero-order chi connectivity index (χ0) is 23.7. The Kier molecular flexibility index (Phi) is 5.80. The second kappa shape index (κ2) is 8.92. The first kappa shape index (κ1) is 22.1. The molecule has 0 aliphatic heterocycles. The van der Waals surface area contributed by atoms with Crippen LogP contribution in [0.4, 0.5) is 5.69 Å². The van der Waals surface area contributed by atoms with Crippen molar-refractivity contribution in [1.82, 2.24) is 14.5 Å². The van der Waals surface area contributed by atoms with Crippen molar-refractivity contribution in [2.45, 2.75) is 37.6 Å². The first-order chi connectivity index (χ1) is 16.4. The highest BCUT2D eigenvalue weighted by Crippen LogP contribution is 2.28. The van der Waals surface area contributed by atoms with Crippen LogP contribution in [0, 0.1) is 6.92 Å². The van der Waals surface area contributed by atoms with E-state index in [0.29, 0.717) is 17.1 Å². The minimum Gasteiger partial charge on any atom is -0.468 e. The molecule has 0 fully saturated rings. The quantitative estimate of drug-likeness (QED) is 0.419. The van der Waals surface area contributed by atoms with E-state index in [4.69, 9.17) is 4.42 Å². The summed E-state index contributed by atoms with van der Waals surface area (Å²) in [4.78, 5) is 13.2. The Balaban J connectivity index is 1.37. The van der Waals surface area contributed by atoms with Crippen molar-refractivity contribution in [3.05, 3.63) is 95.2 Å². The Bertz CT molecular complexity index is 1440. The van der Waals surface area contributed by atoms with Gasteiger partial charge in [0.05, 0.1) is 23.4 Å². The fourth-order valence-corrected chi connectivity index (χ4v) is 5.15. The topological polar surface area (TPSA) is 106 Å². The molecule has 8 nitrogen and oxygen atoms in total. The summed E-state index contributed by atoms with van der Waals surface area (Å²) in [6, 6.07) is 17.5. The average molecular weight is 477 g/mol. The molecule has 0 saturated carbocycles. The van der Waals surface area contributed by atoms with Gasteiger partial charge in [0.15, 0.2) is 5.69 Å². The lowest BCUT2D eigenvalue weighted by atomic mass is 10.2. The van der Waals surface area contributed by atoms with E-state index in [1.54, 1.807) is 24.3 Å². The molecular formula is C25H24N4O4S. The van der Waals surface area contributed by atoms with Gasteiger partial charge in [0.2, 0.25) is 10.0 Å². The van der Waals surface area contributed by atoms with Crippen LogP contribution in [-0.4, -0.2) is 24.1 Å². The third-order valence-corrected chi connectivity index (χ3v) is 7.24. The third kappa shape index (κ3) is 4.40. The maximum Gasteiger partial charge on any atom is 0.276 e. The summed E-state index contributed by atoms with van der Waals surface area (Å²) < 4.78 is 34.9. The van der Waals surface area contributed by atoms with E-state index in [2.05, 4.69) is 15.1 Å². The Hall–Kier alpha value is -3.69. The molecule has 0 radical (unpaired) electrons. The molecule has 2 aromatic carbocycles. The van der Waals surface area contributed by atoms with Crippen molar-refractivity contribution >= 4 is 21.6 Å². The maximum atomic E-state index is 13.2. The van der Waals surface area contributed by atoms with Crippen LogP contribution in [0.2, 0.25) is 0 Å². The summed E-state index contributed by atoms with van der Waals surface area (Å²) in [6.45, 7) is 2.06. The highest BCUT2D eigenvalue weighted by atomic mass is 32.2. The molecule has 2 heterocycles. The Morgan fingerprint density at radius 1 is 1.09 bits per heavy atom. The standard InChI is InChI=1S/C25H24N4O4S/c1-17-10-12-19(13-11-17)29-23-9-3-8-22(23)24(28-29)25(30)27-18-5-2-7-21(15-18)34(31,32)26-16-20-6-4-14-33-20/h2,4-7,10-15,26H,3,8-9,16H2,1H3,(H,27,30). The highest BCUT2D eigenvalue weighted by molar-refractivity contribution is 7.89. The molecule has 1 aliphatic rings. The number of fused-ring (bicyclic) bond motifs is 1. The van der Waals surface area contributed by atoms with E-state index in [1.165, 1.54) is 18.4 Å². The smallest absolute Gasteiger partial charge is 0.276 e. The summed E-state index contributed by atoms with van der Waals surface area (Å²) in [5, 5.41) is 7.44. The van der Waals surface area contributed by atoms with Crippen molar-refractivity contribution in [2.24, 2.45) is 0 Å². The molecule has 0 spiro atoms. The number of amides is 1. The molecule has 2 N–H and O–H groups in total. The normalized spacial score (nSPS) is 13.1. The molecule has 174 valence electrons. The molecule has 0 atom stereocenters. The van der Waals surface area contributed by atoms with Crippen LogP contribution in [0.1, 0.15) is 39.5 Å². The zero-order valence-corrected chi connectivity index (χ0v) is 19.4.